The highest BCUT2D eigenvalue weighted by atomic mass is 16.2. The molecule has 4 nitrogen and oxygen atoms in total. The number of carbonyl (C=O) groups excluding carboxylic acids is 2. The average Bonchev–Trinajstić information content (AvgIpc) is 2.65. The van der Waals surface area contributed by atoms with Gasteiger partial charge in [-0.15, -0.1) is 0 Å². The standard InChI is InChI=1S/C21H24N2O2/c1-16-7-9-17(10-8-16)15-20(24)23-13-11-19(12-14-23)22-21(25)18-5-3-2-4-6-18/h2-10,19H,11-15H2,1H3,(H,22,25). The van der Waals surface area contributed by atoms with E-state index in [4.69, 9.17) is 0 Å². The molecule has 0 aliphatic carbocycles. The lowest BCUT2D eigenvalue weighted by atomic mass is 10.0. The van der Waals surface area contributed by atoms with Crippen LogP contribution in [0.5, 0.6) is 0 Å². The van der Waals surface area contributed by atoms with E-state index in [1.165, 1.54) is 5.56 Å². The van der Waals surface area contributed by atoms with Gasteiger partial charge in [0.25, 0.3) is 5.91 Å². The molecule has 0 atom stereocenters. The first-order valence-corrected chi connectivity index (χ1v) is 8.81. The molecule has 0 bridgehead atoms. The molecule has 2 amide bonds. The van der Waals surface area contributed by atoms with Gasteiger partial charge in [-0.3, -0.25) is 9.59 Å². The third-order valence-electron chi connectivity index (χ3n) is 4.69. The van der Waals surface area contributed by atoms with E-state index in [0.29, 0.717) is 25.1 Å². The Morgan fingerprint density at radius 3 is 2.28 bits per heavy atom. The van der Waals surface area contributed by atoms with Crippen molar-refractivity contribution in [3.63, 3.8) is 0 Å². The molecule has 1 heterocycles. The van der Waals surface area contributed by atoms with Gasteiger partial charge in [0, 0.05) is 24.7 Å². The molecule has 1 saturated heterocycles. The molecule has 4 heteroatoms. The summed E-state index contributed by atoms with van der Waals surface area (Å²) in [5.74, 6) is 0.127. The highest BCUT2D eigenvalue weighted by molar-refractivity contribution is 5.94. The maximum Gasteiger partial charge on any atom is 0.251 e. The predicted octanol–water partition coefficient (Wildman–Crippen LogP) is 2.96. The molecule has 0 spiro atoms. The first-order valence-electron chi connectivity index (χ1n) is 8.81. The van der Waals surface area contributed by atoms with Gasteiger partial charge < -0.3 is 10.2 Å². The van der Waals surface area contributed by atoms with Crippen molar-refractivity contribution in [1.82, 2.24) is 10.2 Å². The number of nitrogens with one attached hydrogen (secondary N) is 1. The molecule has 2 aromatic carbocycles. The van der Waals surface area contributed by atoms with Crippen molar-refractivity contribution in [3.8, 4) is 0 Å². The van der Waals surface area contributed by atoms with E-state index < -0.39 is 0 Å². The highest BCUT2D eigenvalue weighted by Gasteiger charge is 2.24. The van der Waals surface area contributed by atoms with Crippen molar-refractivity contribution in [2.24, 2.45) is 0 Å². The van der Waals surface area contributed by atoms with Gasteiger partial charge in [-0.05, 0) is 37.5 Å². The summed E-state index contributed by atoms with van der Waals surface area (Å²) in [5.41, 5.74) is 2.93. The second-order valence-electron chi connectivity index (χ2n) is 6.66. The maximum atomic E-state index is 12.4. The molecule has 0 radical (unpaired) electrons. The van der Waals surface area contributed by atoms with Crippen molar-refractivity contribution in [1.29, 1.82) is 0 Å². The van der Waals surface area contributed by atoms with Gasteiger partial charge in [0.15, 0.2) is 0 Å². The molecular formula is C21H24N2O2. The van der Waals surface area contributed by atoms with Gasteiger partial charge in [0.2, 0.25) is 5.91 Å². The van der Waals surface area contributed by atoms with Gasteiger partial charge in [-0.25, -0.2) is 0 Å². The number of hydrogen-bond donors (Lipinski definition) is 1. The van der Waals surface area contributed by atoms with E-state index in [-0.39, 0.29) is 17.9 Å². The minimum absolute atomic E-state index is 0.0370. The van der Waals surface area contributed by atoms with Crippen LogP contribution in [0.25, 0.3) is 0 Å². The monoisotopic (exact) mass is 336 g/mol. The van der Waals surface area contributed by atoms with Crippen LogP contribution in [0.3, 0.4) is 0 Å². The summed E-state index contributed by atoms with van der Waals surface area (Å²) in [4.78, 5) is 26.6. The third kappa shape index (κ3) is 4.69. The van der Waals surface area contributed by atoms with Crippen molar-refractivity contribution < 1.29 is 9.59 Å². The fourth-order valence-corrected chi connectivity index (χ4v) is 3.12. The summed E-state index contributed by atoms with van der Waals surface area (Å²) in [6, 6.07) is 17.5. The van der Waals surface area contributed by atoms with Crippen LogP contribution < -0.4 is 5.32 Å². The Labute approximate surface area is 148 Å². The molecule has 1 aliphatic rings. The number of aryl methyl sites for hydroxylation is 1. The molecule has 1 fully saturated rings. The van der Waals surface area contributed by atoms with Gasteiger partial charge in [0.1, 0.15) is 0 Å². The smallest absolute Gasteiger partial charge is 0.251 e. The number of likely N-dealkylation sites (tertiary alicyclic amines) is 1. The fraction of sp³-hybridized carbons (Fsp3) is 0.333. The van der Waals surface area contributed by atoms with Gasteiger partial charge in [-0.1, -0.05) is 48.0 Å². The number of benzene rings is 2. The Hall–Kier alpha value is -2.62. The molecule has 1 aliphatic heterocycles. The molecule has 0 saturated carbocycles. The summed E-state index contributed by atoms with van der Waals surface area (Å²) < 4.78 is 0. The van der Waals surface area contributed by atoms with Crippen molar-refractivity contribution in [2.45, 2.75) is 32.2 Å². The van der Waals surface area contributed by atoms with E-state index in [2.05, 4.69) is 5.32 Å². The molecule has 3 rings (SSSR count). The van der Waals surface area contributed by atoms with Crippen molar-refractivity contribution in [3.05, 3.63) is 71.3 Å². The van der Waals surface area contributed by atoms with E-state index >= 15 is 0 Å². The number of amides is 2. The van der Waals surface area contributed by atoms with Crippen molar-refractivity contribution >= 4 is 11.8 Å². The maximum absolute atomic E-state index is 12.4. The molecule has 2 aromatic rings. The van der Waals surface area contributed by atoms with Gasteiger partial charge >= 0.3 is 0 Å². The second-order valence-corrected chi connectivity index (χ2v) is 6.66. The minimum atomic E-state index is -0.0370. The number of rotatable bonds is 4. The summed E-state index contributed by atoms with van der Waals surface area (Å²) in [7, 11) is 0. The van der Waals surface area contributed by atoms with Crippen LogP contribution in [0, 0.1) is 6.92 Å². The lowest BCUT2D eigenvalue weighted by Gasteiger charge is -2.32. The van der Waals surface area contributed by atoms with E-state index in [1.807, 2.05) is 66.4 Å². The first-order chi connectivity index (χ1) is 12.1. The molecular weight excluding hydrogens is 312 g/mol. The van der Waals surface area contributed by atoms with E-state index in [1.54, 1.807) is 0 Å². The number of piperidine rings is 1. The Kier molecular flexibility index (Phi) is 5.49. The van der Waals surface area contributed by atoms with Crippen molar-refractivity contribution in [2.75, 3.05) is 13.1 Å². The molecule has 130 valence electrons. The number of carbonyl (C=O) groups is 2. The Balaban J connectivity index is 1.47. The highest BCUT2D eigenvalue weighted by Crippen LogP contribution is 2.14. The van der Waals surface area contributed by atoms with Gasteiger partial charge in [-0.2, -0.15) is 0 Å². The zero-order valence-corrected chi connectivity index (χ0v) is 14.6. The average molecular weight is 336 g/mol. The topological polar surface area (TPSA) is 49.4 Å². The SMILES string of the molecule is Cc1ccc(CC(=O)N2CCC(NC(=O)c3ccccc3)CC2)cc1. The normalized spacial score (nSPS) is 15.0. The number of hydrogen-bond acceptors (Lipinski definition) is 2. The largest absolute Gasteiger partial charge is 0.349 e. The quantitative estimate of drug-likeness (QED) is 0.933. The van der Waals surface area contributed by atoms with Crippen LogP contribution in [-0.2, 0) is 11.2 Å². The van der Waals surface area contributed by atoms with Crippen LogP contribution in [0.15, 0.2) is 54.6 Å². The number of nitrogens with zero attached hydrogens (tertiary/aromatic N) is 1. The van der Waals surface area contributed by atoms with Gasteiger partial charge in [0.05, 0.1) is 6.42 Å². The Morgan fingerprint density at radius 1 is 1.00 bits per heavy atom. The molecule has 0 unspecified atom stereocenters. The molecule has 25 heavy (non-hydrogen) atoms. The summed E-state index contributed by atoms with van der Waals surface area (Å²) in [6.45, 7) is 3.44. The molecule has 0 aromatic heterocycles. The van der Waals surface area contributed by atoms with Crippen LogP contribution in [0.4, 0.5) is 0 Å². The first kappa shape index (κ1) is 17.2. The van der Waals surface area contributed by atoms with Crippen LogP contribution in [-0.4, -0.2) is 35.8 Å². The molecule has 1 N–H and O–H groups in total. The minimum Gasteiger partial charge on any atom is -0.349 e. The summed E-state index contributed by atoms with van der Waals surface area (Å²) in [5, 5.41) is 3.07. The van der Waals surface area contributed by atoms with Crippen LogP contribution in [0.1, 0.15) is 34.3 Å². The van der Waals surface area contributed by atoms with Crippen LogP contribution in [0.2, 0.25) is 0 Å². The summed E-state index contributed by atoms with van der Waals surface area (Å²) >= 11 is 0. The summed E-state index contributed by atoms with van der Waals surface area (Å²) in [6.07, 6.45) is 2.05. The van der Waals surface area contributed by atoms with E-state index in [9.17, 15) is 9.59 Å². The predicted molar refractivity (Wildman–Crippen MR) is 98.4 cm³/mol. The fourth-order valence-electron chi connectivity index (χ4n) is 3.12. The van der Waals surface area contributed by atoms with E-state index in [0.717, 1.165) is 18.4 Å². The second kappa shape index (κ2) is 7.97. The zero-order chi connectivity index (χ0) is 17.6. The Bertz CT molecular complexity index is 717. The van der Waals surface area contributed by atoms with Crippen LogP contribution >= 0.6 is 0 Å². The lowest BCUT2D eigenvalue weighted by molar-refractivity contribution is -0.131. The Morgan fingerprint density at radius 2 is 1.64 bits per heavy atom. The zero-order valence-electron chi connectivity index (χ0n) is 14.6. The third-order valence-corrected chi connectivity index (χ3v) is 4.69. The lowest BCUT2D eigenvalue weighted by Crippen LogP contribution is -2.46.